The standard InChI is InChI=1S/C24H25F3O2/c1-4-22(17(3)19-8-10-20(11-9-19)24(25,26)27)16(2)12-18-6-5-7-21(13-18)23(28)14-29-15-23/h5-11,13,28H,3-4,12,14-15H2,1-2H3/b22-16+. The highest BCUT2D eigenvalue weighted by Crippen LogP contribution is 2.33. The van der Waals surface area contributed by atoms with Crippen molar-refractivity contribution >= 4 is 5.57 Å². The summed E-state index contributed by atoms with van der Waals surface area (Å²) >= 11 is 0. The van der Waals surface area contributed by atoms with Gasteiger partial charge in [-0.15, -0.1) is 0 Å². The molecule has 0 bridgehead atoms. The van der Waals surface area contributed by atoms with Gasteiger partial charge in [0, 0.05) is 0 Å². The maximum atomic E-state index is 12.8. The molecule has 1 saturated heterocycles. The molecule has 3 rings (SSSR count). The average molecular weight is 402 g/mol. The molecule has 2 aromatic carbocycles. The molecule has 0 radical (unpaired) electrons. The Bertz CT molecular complexity index is 920. The molecule has 0 amide bonds. The van der Waals surface area contributed by atoms with Gasteiger partial charge in [-0.1, -0.05) is 55.5 Å². The molecule has 1 N–H and O–H groups in total. The van der Waals surface area contributed by atoms with Gasteiger partial charge < -0.3 is 9.84 Å². The topological polar surface area (TPSA) is 29.5 Å². The fourth-order valence-corrected chi connectivity index (χ4v) is 3.65. The van der Waals surface area contributed by atoms with Crippen molar-refractivity contribution in [3.8, 4) is 0 Å². The van der Waals surface area contributed by atoms with Crippen LogP contribution in [-0.4, -0.2) is 18.3 Å². The minimum Gasteiger partial charge on any atom is -0.380 e. The zero-order chi connectivity index (χ0) is 21.2. The molecule has 2 aromatic rings. The second-order valence-electron chi connectivity index (χ2n) is 7.57. The summed E-state index contributed by atoms with van der Waals surface area (Å²) in [7, 11) is 0. The molecule has 1 aliphatic rings. The van der Waals surface area contributed by atoms with Gasteiger partial charge in [-0.2, -0.15) is 13.2 Å². The van der Waals surface area contributed by atoms with Crippen LogP contribution in [0, 0.1) is 0 Å². The van der Waals surface area contributed by atoms with E-state index in [0.29, 0.717) is 25.2 Å². The summed E-state index contributed by atoms with van der Waals surface area (Å²) < 4.78 is 43.6. The summed E-state index contributed by atoms with van der Waals surface area (Å²) in [4.78, 5) is 0. The van der Waals surface area contributed by atoms with Gasteiger partial charge in [0.05, 0.1) is 18.8 Å². The molecule has 0 saturated carbocycles. The lowest BCUT2D eigenvalue weighted by Crippen LogP contribution is -2.46. The van der Waals surface area contributed by atoms with Gasteiger partial charge in [-0.25, -0.2) is 0 Å². The zero-order valence-corrected chi connectivity index (χ0v) is 16.6. The molecule has 29 heavy (non-hydrogen) atoms. The van der Waals surface area contributed by atoms with Crippen molar-refractivity contribution in [3.05, 3.63) is 88.5 Å². The van der Waals surface area contributed by atoms with E-state index in [1.165, 1.54) is 12.1 Å². The fourth-order valence-electron chi connectivity index (χ4n) is 3.65. The Morgan fingerprint density at radius 3 is 2.31 bits per heavy atom. The molecule has 154 valence electrons. The van der Waals surface area contributed by atoms with Gasteiger partial charge >= 0.3 is 6.18 Å². The number of benzene rings is 2. The Balaban J connectivity index is 1.82. The highest BCUT2D eigenvalue weighted by atomic mass is 19.4. The summed E-state index contributed by atoms with van der Waals surface area (Å²) in [5, 5.41) is 10.5. The lowest BCUT2D eigenvalue weighted by Gasteiger charge is -2.37. The number of aliphatic hydroxyl groups is 1. The number of alkyl halides is 3. The molecule has 0 aromatic heterocycles. The van der Waals surface area contributed by atoms with Crippen molar-refractivity contribution < 1.29 is 23.0 Å². The van der Waals surface area contributed by atoms with Crippen LogP contribution in [0.1, 0.15) is 42.5 Å². The van der Waals surface area contributed by atoms with Crippen molar-refractivity contribution in [1.29, 1.82) is 0 Å². The van der Waals surface area contributed by atoms with E-state index in [0.717, 1.165) is 46.4 Å². The maximum absolute atomic E-state index is 12.8. The second kappa shape index (κ2) is 8.17. The molecule has 0 unspecified atom stereocenters. The zero-order valence-electron chi connectivity index (χ0n) is 16.6. The largest absolute Gasteiger partial charge is 0.416 e. The van der Waals surface area contributed by atoms with E-state index in [1.807, 2.05) is 38.1 Å². The van der Waals surface area contributed by atoms with Gasteiger partial charge in [-0.05, 0) is 59.7 Å². The highest BCUT2D eigenvalue weighted by Gasteiger charge is 2.37. The predicted molar refractivity (Wildman–Crippen MR) is 108 cm³/mol. The van der Waals surface area contributed by atoms with Gasteiger partial charge in [0.2, 0.25) is 0 Å². The lowest BCUT2D eigenvalue weighted by molar-refractivity contribution is -0.184. The molecule has 1 heterocycles. The first-order valence-electron chi connectivity index (χ1n) is 9.59. The van der Waals surface area contributed by atoms with E-state index in [9.17, 15) is 18.3 Å². The van der Waals surface area contributed by atoms with Crippen LogP contribution in [0.5, 0.6) is 0 Å². The first-order valence-corrected chi connectivity index (χ1v) is 9.59. The van der Waals surface area contributed by atoms with Crippen LogP contribution in [0.3, 0.4) is 0 Å². The first-order chi connectivity index (χ1) is 13.6. The SMILES string of the molecule is C=C(/C(CC)=C(\C)Cc1cccc(C2(O)COC2)c1)c1ccc(C(F)(F)F)cc1. The van der Waals surface area contributed by atoms with Crippen LogP contribution in [0.15, 0.2) is 66.3 Å². The van der Waals surface area contributed by atoms with Gasteiger partial charge in [0.1, 0.15) is 5.60 Å². The molecule has 0 spiro atoms. The van der Waals surface area contributed by atoms with Gasteiger partial charge in [0.25, 0.3) is 0 Å². The minimum absolute atomic E-state index is 0.302. The molecule has 5 heteroatoms. The van der Waals surface area contributed by atoms with Crippen LogP contribution in [0.4, 0.5) is 13.2 Å². The van der Waals surface area contributed by atoms with Crippen LogP contribution < -0.4 is 0 Å². The van der Waals surface area contributed by atoms with Crippen molar-refractivity contribution in [2.45, 2.75) is 38.5 Å². The van der Waals surface area contributed by atoms with E-state index in [1.54, 1.807) is 0 Å². The second-order valence-corrected chi connectivity index (χ2v) is 7.57. The Kier molecular flexibility index (Phi) is 6.01. The molecule has 0 aliphatic carbocycles. The minimum atomic E-state index is -4.35. The summed E-state index contributed by atoms with van der Waals surface area (Å²) in [6.07, 6.45) is -2.95. The van der Waals surface area contributed by atoms with Crippen molar-refractivity contribution in [2.24, 2.45) is 0 Å². The Labute approximate surface area is 169 Å². The molecular weight excluding hydrogens is 377 g/mol. The van der Waals surface area contributed by atoms with Gasteiger partial charge in [0.15, 0.2) is 0 Å². The van der Waals surface area contributed by atoms with E-state index in [2.05, 4.69) is 6.58 Å². The monoisotopic (exact) mass is 402 g/mol. The molecular formula is C24H25F3O2. The van der Waals surface area contributed by atoms with Crippen LogP contribution in [-0.2, 0) is 22.9 Å². The maximum Gasteiger partial charge on any atom is 0.416 e. The quantitative estimate of drug-likeness (QED) is 0.609. The molecule has 2 nitrogen and oxygen atoms in total. The first kappa shape index (κ1) is 21.3. The summed E-state index contributed by atoms with van der Waals surface area (Å²) in [5.41, 5.74) is 3.88. The lowest BCUT2D eigenvalue weighted by atomic mass is 9.88. The smallest absolute Gasteiger partial charge is 0.380 e. The van der Waals surface area contributed by atoms with E-state index in [4.69, 9.17) is 4.74 Å². The number of hydrogen-bond acceptors (Lipinski definition) is 2. The third-order valence-electron chi connectivity index (χ3n) is 5.41. The third kappa shape index (κ3) is 4.62. The van der Waals surface area contributed by atoms with Crippen molar-refractivity contribution in [2.75, 3.05) is 13.2 Å². The van der Waals surface area contributed by atoms with Crippen molar-refractivity contribution in [1.82, 2.24) is 0 Å². The van der Waals surface area contributed by atoms with Crippen LogP contribution >= 0.6 is 0 Å². The van der Waals surface area contributed by atoms with E-state index in [-0.39, 0.29) is 0 Å². The summed E-state index contributed by atoms with van der Waals surface area (Å²) in [6.45, 7) is 8.77. The summed E-state index contributed by atoms with van der Waals surface area (Å²) in [6, 6.07) is 12.9. The van der Waals surface area contributed by atoms with Crippen LogP contribution in [0.2, 0.25) is 0 Å². The average Bonchev–Trinajstić information content (AvgIpc) is 2.66. The highest BCUT2D eigenvalue weighted by molar-refractivity contribution is 5.78. The number of halogens is 3. The van der Waals surface area contributed by atoms with Gasteiger partial charge in [-0.3, -0.25) is 0 Å². The molecule has 0 atom stereocenters. The third-order valence-corrected chi connectivity index (χ3v) is 5.41. The predicted octanol–water partition coefficient (Wildman–Crippen LogP) is 5.91. The van der Waals surface area contributed by atoms with E-state index < -0.39 is 17.3 Å². The van der Waals surface area contributed by atoms with Crippen LogP contribution in [0.25, 0.3) is 5.57 Å². The van der Waals surface area contributed by atoms with Crippen molar-refractivity contribution in [3.63, 3.8) is 0 Å². The summed E-state index contributed by atoms with van der Waals surface area (Å²) in [5.74, 6) is 0. The number of allylic oxidation sites excluding steroid dienone is 3. The fraction of sp³-hybridized carbons (Fsp3) is 0.333. The number of ether oxygens (including phenoxy) is 1. The molecule has 1 aliphatic heterocycles. The Hall–Kier alpha value is -2.37. The number of hydrogen-bond donors (Lipinski definition) is 1. The Morgan fingerprint density at radius 2 is 1.79 bits per heavy atom. The number of rotatable bonds is 6. The Morgan fingerprint density at radius 1 is 1.14 bits per heavy atom. The molecule has 1 fully saturated rings. The normalized spacial score (nSPS) is 16.8. The van der Waals surface area contributed by atoms with E-state index >= 15 is 0 Å².